The average molecular weight is 416 g/mol. The Labute approximate surface area is 175 Å². The van der Waals surface area contributed by atoms with E-state index in [1.165, 1.54) is 11.2 Å². The zero-order chi connectivity index (χ0) is 21.9. The quantitative estimate of drug-likeness (QED) is 0.511. The van der Waals surface area contributed by atoms with Crippen LogP contribution < -0.4 is 5.32 Å². The number of nitrogens with zero attached hydrogens (tertiary/aromatic N) is 1. The fourth-order valence-corrected chi connectivity index (χ4v) is 3.12. The molecule has 1 unspecified atom stereocenters. The Morgan fingerprint density at radius 3 is 2.50 bits per heavy atom. The van der Waals surface area contributed by atoms with E-state index in [1.807, 2.05) is 30.3 Å². The number of carboxylic acid groups (broad SMARTS) is 1. The minimum Gasteiger partial charge on any atom is -0.480 e. The van der Waals surface area contributed by atoms with Crippen molar-refractivity contribution in [2.45, 2.75) is 38.8 Å². The van der Waals surface area contributed by atoms with Gasteiger partial charge in [-0.3, -0.25) is 14.4 Å². The summed E-state index contributed by atoms with van der Waals surface area (Å²) in [6, 6.07) is 12.1. The minimum absolute atomic E-state index is 0.0691. The third-order valence-electron chi connectivity index (χ3n) is 4.59. The van der Waals surface area contributed by atoms with Crippen LogP contribution in [0.25, 0.3) is 0 Å². The molecule has 0 radical (unpaired) electrons. The number of rotatable bonds is 12. The summed E-state index contributed by atoms with van der Waals surface area (Å²) in [5.41, 5.74) is 0.849. The number of amides is 1. The number of furan rings is 1. The molecule has 1 aromatic carbocycles. The lowest BCUT2D eigenvalue weighted by Crippen LogP contribution is -2.46. The van der Waals surface area contributed by atoms with Crippen LogP contribution in [-0.2, 0) is 25.7 Å². The molecule has 8 nitrogen and oxygen atoms in total. The summed E-state index contributed by atoms with van der Waals surface area (Å²) in [5, 5.41) is 12.2. The third kappa shape index (κ3) is 7.04. The summed E-state index contributed by atoms with van der Waals surface area (Å²) in [6.07, 6.45) is 1.91. The van der Waals surface area contributed by atoms with Crippen LogP contribution in [0, 0.1) is 0 Å². The molecule has 0 aliphatic rings. The molecular weight excluding hydrogens is 388 g/mol. The number of carbonyl (C=O) groups is 3. The highest BCUT2D eigenvalue weighted by molar-refractivity contribution is 5.85. The fraction of sp³-hybridized carbons (Fsp3) is 0.409. The monoisotopic (exact) mass is 416 g/mol. The molecule has 8 heteroatoms. The van der Waals surface area contributed by atoms with Crippen LogP contribution in [0.2, 0.25) is 0 Å². The molecular formula is C22H28N2O6. The van der Waals surface area contributed by atoms with E-state index in [1.54, 1.807) is 26.0 Å². The molecule has 2 N–H and O–H groups in total. The van der Waals surface area contributed by atoms with E-state index in [-0.39, 0.29) is 18.4 Å². The Morgan fingerprint density at radius 1 is 1.17 bits per heavy atom. The van der Waals surface area contributed by atoms with Crippen molar-refractivity contribution in [2.24, 2.45) is 0 Å². The van der Waals surface area contributed by atoms with E-state index in [9.17, 15) is 14.4 Å². The van der Waals surface area contributed by atoms with Gasteiger partial charge in [-0.25, -0.2) is 0 Å². The zero-order valence-electron chi connectivity index (χ0n) is 17.2. The second-order valence-corrected chi connectivity index (χ2v) is 6.85. The normalized spacial score (nSPS) is 12.7. The lowest BCUT2D eigenvalue weighted by molar-refractivity contribution is -0.146. The van der Waals surface area contributed by atoms with Crippen molar-refractivity contribution in [1.29, 1.82) is 0 Å². The first-order chi connectivity index (χ1) is 14.4. The predicted octanol–water partition coefficient (Wildman–Crippen LogP) is 2.41. The lowest BCUT2D eigenvalue weighted by Gasteiger charge is -2.24. The molecule has 0 saturated heterocycles. The maximum Gasteiger partial charge on any atom is 0.323 e. The third-order valence-corrected chi connectivity index (χ3v) is 4.59. The molecule has 0 bridgehead atoms. The van der Waals surface area contributed by atoms with Crippen molar-refractivity contribution >= 4 is 17.8 Å². The highest BCUT2D eigenvalue weighted by Crippen LogP contribution is 2.21. The van der Waals surface area contributed by atoms with Gasteiger partial charge in [0, 0.05) is 0 Å². The second kappa shape index (κ2) is 11.8. The smallest absolute Gasteiger partial charge is 0.323 e. The van der Waals surface area contributed by atoms with Gasteiger partial charge in [0.2, 0.25) is 5.91 Å². The van der Waals surface area contributed by atoms with E-state index in [0.29, 0.717) is 25.3 Å². The first kappa shape index (κ1) is 23.2. The summed E-state index contributed by atoms with van der Waals surface area (Å²) in [5.74, 6) is -1.72. The second-order valence-electron chi connectivity index (χ2n) is 6.85. The average Bonchev–Trinajstić information content (AvgIpc) is 3.23. The van der Waals surface area contributed by atoms with Crippen molar-refractivity contribution in [3.05, 3.63) is 60.1 Å². The van der Waals surface area contributed by atoms with Crippen LogP contribution in [0.5, 0.6) is 0 Å². The fourth-order valence-electron chi connectivity index (χ4n) is 3.12. The van der Waals surface area contributed by atoms with Gasteiger partial charge in [0.05, 0.1) is 31.4 Å². The van der Waals surface area contributed by atoms with Crippen molar-refractivity contribution < 1.29 is 28.6 Å². The van der Waals surface area contributed by atoms with Crippen LogP contribution in [0.15, 0.2) is 53.1 Å². The molecule has 1 amide bonds. The number of carboxylic acids is 1. The molecule has 1 heterocycles. The predicted molar refractivity (Wildman–Crippen MR) is 110 cm³/mol. The van der Waals surface area contributed by atoms with Crippen LogP contribution in [-0.4, -0.2) is 53.6 Å². The lowest BCUT2D eigenvalue weighted by atomic mass is 9.95. The van der Waals surface area contributed by atoms with Gasteiger partial charge < -0.3 is 24.5 Å². The largest absolute Gasteiger partial charge is 0.480 e. The van der Waals surface area contributed by atoms with E-state index in [4.69, 9.17) is 14.3 Å². The van der Waals surface area contributed by atoms with Gasteiger partial charge >= 0.3 is 11.9 Å². The molecule has 162 valence electrons. The Morgan fingerprint density at radius 2 is 1.90 bits per heavy atom. The number of carbonyl (C=O) groups excluding carboxylic acids is 2. The van der Waals surface area contributed by atoms with Crippen LogP contribution in [0.3, 0.4) is 0 Å². The van der Waals surface area contributed by atoms with Gasteiger partial charge in [-0.15, -0.1) is 0 Å². The highest BCUT2D eigenvalue weighted by Gasteiger charge is 2.25. The van der Waals surface area contributed by atoms with Crippen molar-refractivity contribution in [2.75, 3.05) is 19.7 Å². The molecule has 30 heavy (non-hydrogen) atoms. The molecule has 2 aromatic rings. The summed E-state index contributed by atoms with van der Waals surface area (Å²) in [4.78, 5) is 37.5. The Balaban J connectivity index is 1.96. The van der Waals surface area contributed by atoms with Gasteiger partial charge in [0.15, 0.2) is 0 Å². The molecule has 0 spiro atoms. The topological polar surface area (TPSA) is 109 Å². The number of hydrogen-bond acceptors (Lipinski definition) is 6. The van der Waals surface area contributed by atoms with E-state index < -0.39 is 24.5 Å². The number of ether oxygens (including phenoxy) is 1. The molecule has 0 aliphatic carbocycles. The zero-order valence-corrected chi connectivity index (χ0v) is 17.2. The molecule has 0 fully saturated rings. The first-order valence-corrected chi connectivity index (χ1v) is 9.90. The Kier molecular flexibility index (Phi) is 9.08. The number of benzene rings is 1. The van der Waals surface area contributed by atoms with Crippen molar-refractivity contribution in [3.63, 3.8) is 0 Å². The summed E-state index contributed by atoms with van der Waals surface area (Å²) in [6.45, 7) is 3.74. The van der Waals surface area contributed by atoms with Gasteiger partial charge in [0.1, 0.15) is 12.3 Å². The molecule has 2 rings (SSSR count). The van der Waals surface area contributed by atoms with Gasteiger partial charge in [-0.05, 0) is 44.5 Å². The summed E-state index contributed by atoms with van der Waals surface area (Å²) < 4.78 is 10.4. The molecule has 0 aliphatic heterocycles. The maximum absolute atomic E-state index is 12.8. The summed E-state index contributed by atoms with van der Waals surface area (Å²) >= 11 is 0. The Bertz CT molecular complexity index is 806. The molecule has 1 aromatic heterocycles. The van der Waals surface area contributed by atoms with Crippen LogP contribution in [0.1, 0.15) is 37.5 Å². The van der Waals surface area contributed by atoms with Crippen LogP contribution >= 0.6 is 0 Å². The Hall–Kier alpha value is -3.13. The van der Waals surface area contributed by atoms with Crippen molar-refractivity contribution in [1.82, 2.24) is 10.2 Å². The van der Waals surface area contributed by atoms with E-state index in [2.05, 4.69) is 5.32 Å². The SMILES string of the molecule is CCOC(=O)C(CCN[C@@H](C)C(=O)N(CC(=O)O)Cc1ccco1)c1ccccc1. The molecule has 2 atom stereocenters. The van der Waals surface area contributed by atoms with Crippen molar-refractivity contribution in [3.8, 4) is 0 Å². The van der Waals surface area contributed by atoms with Gasteiger partial charge in [0.25, 0.3) is 0 Å². The van der Waals surface area contributed by atoms with E-state index >= 15 is 0 Å². The van der Waals surface area contributed by atoms with Gasteiger partial charge in [-0.2, -0.15) is 0 Å². The minimum atomic E-state index is -1.10. The highest BCUT2D eigenvalue weighted by atomic mass is 16.5. The number of nitrogens with one attached hydrogen (secondary N) is 1. The van der Waals surface area contributed by atoms with Crippen LogP contribution in [0.4, 0.5) is 0 Å². The summed E-state index contributed by atoms with van der Waals surface area (Å²) in [7, 11) is 0. The molecule has 0 saturated carbocycles. The maximum atomic E-state index is 12.8. The number of hydrogen-bond donors (Lipinski definition) is 2. The van der Waals surface area contributed by atoms with Gasteiger partial charge in [-0.1, -0.05) is 30.3 Å². The van der Waals surface area contributed by atoms with E-state index in [0.717, 1.165) is 5.56 Å². The standard InChI is InChI=1S/C22H28N2O6/c1-3-29-22(28)19(17-8-5-4-6-9-17)11-12-23-16(2)21(27)24(15-20(25)26)14-18-10-7-13-30-18/h4-10,13,16,19,23H,3,11-12,14-15H2,1-2H3,(H,25,26)/t16-,19?/m0/s1. The number of esters is 1. The first-order valence-electron chi connectivity index (χ1n) is 9.90. The number of aliphatic carboxylic acids is 1.